The lowest BCUT2D eigenvalue weighted by atomic mass is 10.1. The van der Waals surface area contributed by atoms with Crippen LogP contribution in [-0.2, 0) is 27.4 Å². The highest BCUT2D eigenvalue weighted by Gasteiger charge is 2.34. The highest BCUT2D eigenvalue weighted by Crippen LogP contribution is 2.22. The van der Waals surface area contributed by atoms with E-state index in [1.165, 1.54) is 0 Å². The van der Waals surface area contributed by atoms with Gasteiger partial charge < -0.3 is 14.2 Å². The van der Waals surface area contributed by atoms with E-state index in [1.54, 1.807) is 69.8 Å². The average molecular weight is 452 g/mol. The van der Waals surface area contributed by atoms with E-state index in [1.807, 2.05) is 30.3 Å². The molecule has 0 spiro atoms. The third kappa shape index (κ3) is 7.17. The van der Waals surface area contributed by atoms with Crippen LogP contribution in [0.3, 0.4) is 0 Å². The molecule has 8 nitrogen and oxygen atoms in total. The molecule has 33 heavy (non-hydrogen) atoms. The van der Waals surface area contributed by atoms with Crippen molar-refractivity contribution in [2.45, 2.75) is 59.0 Å². The first-order valence-corrected chi connectivity index (χ1v) is 10.6. The summed E-state index contributed by atoms with van der Waals surface area (Å²) in [5.74, 6) is -0.532. The fourth-order valence-corrected chi connectivity index (χ4v) is 2.87. The minimum absolute atomic E-state index is 0.0115. The topological polar surface area (TPSA) is 92.5 Å². The number of nitrogens with zero attached hydrogens (tertiary/aromatic N) is 3. The second-order valence-electron chi connectivity index (χ2n) is 9.11. The molecule has 0 N–H and O–H groups in total. The number of ether oxygens (including phenoxy) is 3. The summed E-state index contributed by atoms with van der Waals surface area (Å²) in [7, 11) is 0. The second-order valence-corrected chi connectivity index (χ2v) is 9.11. The molecule has 0 saturated carbocycles. The standard InChI is InChI=1S/C25H29N3O5/c1-24(2,3)33-23(30)25(4,5)32-21-13-11-19(12-14-21)22(29)31-17-20-16-28(27-26-20)15-18-9-7-6-8-10-18/h6-14,16H,15,17H2,1-5H3. The van der Waals surface area contributed by atoms with E-state index in [0.29, 0.717) is 23.6 Å². The van der Waals surface area contributed by atoms with Gasteiger partial charge in [-0.25, -0.2) is 14.3 Å². The zero-order valence-electron chi connectivity index (χ0n) is 19.6. The Kier molecular flexibility index (Phi) is 7.16. The minimum Gasteiger partial charge on any atom is -0.476 e. The quantitative estimate of drug-likeness (QED) is 0.474. The van der Waals surface area contributed by atoms with Gasteiger partial charge in [-0.1, -0.05) is 35.5 Å². The summed E-state index contributed by atoms with van der Waals surface area (Å²) in [5, 5.41) is 8.11. The van der Waals surface area contributed by atoms with Crippen molar-refractivity contribution in [3.05, 3.63) is 77.6 Å². The van der Waals surface area contributed by atoms with Crippen LogP contribution in [-0.4, -0.2) is 38.1 Å². The Bertz CT molecular complexity index is 1080. The van der Waals surface area contributed by atoms with Crippen molar-refractivity contribution in [2.75, 3.05) is 0 Å². The maximum atomic E-state index is 12.4. The lowest BCUT2D eigenvalue weighted by Gasteiger charge is -2.29. The summed E-state index contributed by atoms with van der Waals surface area (Å²) < 4.78 is 18.2. The van der Waals surface area contributed by atoms with Crippen molar-refractivity contribution >= 4 is 11.9 Å². The Hall–Kier alpha value is -3.68. The molecule has 0 saturated heterocycles. The molecule has 0 unspecified atom stereocenters. The molecular weight excluding hydrogens is 422 g/mol. The smallest absolute Gasteiger partial charge is 0.350 e. The summed E-state index contributed by atoms with van der Waals surface area (Å²) in [6.07, 6.45) is 1.75. The lowest BCUT2D eigenvalue weighted by Crippen LogP contribution is -2.43. The molecule has 0 aliphatic carbocycles. The predicted octanol–water partition coefficient (Wildman–Crippen LogP) is 4.18. The van der Waals surface area contributed by atoms with Crippen LogP contribution in [0.2, 0.25) is 0 Å². The van der Waals surface area contributed by atoms with Crippen molar-refractivity contribution in [1.82, 2.24) is 15.0 Å². The maximum absolute atomic E-state index is 12.4. The van der Waals surface area contributed by atoms with Crippen LogP contribution in [0.15, 0.2) is 60.8 Å². The van der Waals surface area contributed by atoms with Gasteiger partial charge in [-0.3, -0.25) is 0 Å². The highest BCUT2D eigenvalue weighted by molar-refractivity contribution is 5.89. The zero-order valence-corrected chi connectivity index (χ0v) is 19.6. The van der Waals surface area contributed by atoms with Gasteiger partial charge in [0, 0.05) is 0 Å². The normalized spacial score (nSPS) is 11.7. The van der Waals surface area contributed by atoms with E-state index >= 15 is 0 Å². The van der Waals surface area contributed by atoms with Gasteiger partial charge >= 0.3 is 11.9 Å². The molecule has 2 aromatic carbocycles. The molecule has 1 aromatic heterocycles. The van der Waals surface area contributed by atoms with Crippen LogP contribution in [0.5, 0.6) is 5.75 Å². The molecule has 174 valence electrons. The van der Waals surface area contributed by atoms with E-state index in [-0.39, 0.29) is 6.61 Å². The fourth-order valence-electron chi connectivity index (χ4n) is 2.87. The maximum Gasteiger partial charge on any atom is 0.350 e. The van der Waals surface area contributed by atoms with Crippen LogP contribution >= 0.6 is 0 Å². The monoisotopic (exact) mass is 451 g/mol. The number of rotatable bonds is 8. The van der Waals surface area contributed by atoms with Gasteiger partial charge in [-0.05, 0) is 64.4 Å². The SMILES string of the molecule is CC(C)(C)OC(=O)C(C)(C)Oc1ccc(C(=O)OCc2cn(Cc3ccccc3)nn2)cc1. The molecule has 3 aromatic rings. The van der Waals surface area contributed by atoms with Crippen LogP contribution in [0.4, 0.5) is 0 Å². The van der Waals surface area contributed by atoms with Crippen molar-refractivity contribution in [3.63, 3.8) is 0 Å². The summed E-state index contributed by atoms with van der Waals surface area (Å²) in [4.78, 5) is 24.7. The zero-order chi connectivity index (χ0) is 24.1. The molecule has 0 aliphatic heterocycles. The molecule has 0 aliphatic rings. The number of benzene rings is 2. The van der Waals surface area contributed by atoms with Crippen molar-refractivity contribution in [1.29, 1.82) is 0 Å². The summed E-state index contributed by atoms with van der Waals surface area (Å²) >= 11 is 0. The Morgan fingerprint density at radius 2 is 1.61 bits per heavy atom. The Morgan fingerprint density at radius 3 is 2.24 bits per heavy atom. The molecular formula is C25H29N3O5. The van der Waals surface area contributed by atoms with Crippen LogP contribution in [0.25, 0.3) is 0 Å². The van der Waals surface area contributed by atoms with Crippen molar-refractivity contribution < 1.29 is 23.8 Å². The molecule has 1 heterocycles. The van der Waals surface area contributed by atoms with Gasteiger partial charge in [-0.15, -0.1) is 5.10 Å². The summed E-state index contributed by atoms with van der Waals surface area (Å²) in [6, 6.07) is 16.3. The van der Waals surface area contributed by atoms with Gasteiger partial charge in [0.1, 0.15) is 23.7 Å². The number of hydrogen-bond donors (Lipinski definition) is 0. The Labute approximate surface area is 193 Å². The first kappa shape index (κ1) is 24.0. The molecule has 0 atom stereocenters. The first-order valence-electron chi connectivity index (χ1n) is 10.6. The van der Waals surface area contributed by atoms with E-state index in [0.717, 1.165) is 5.56 Å². The van der Waals surface area contributed by atoms with Gasteiger partial charge in [0.05, 0.1) is 18.3 Å². The Morgan fingerprint density at radius 1 is 0.939 bits per heavy atom. The summed E-state index contributed by atoms with van der Waals surface area (Å²) in [6.45, 7) is 9.25. The van der Waals surface area contributed by atoms with Crippen LogP contribution < -0.4 is 4.74 Å². The van der Waals surface area contributed by atoms with Crippen molar-refractivity contribution in [2.24, 2.45) is 0 Å². The number of carbonyl (C=O) groups excluding carboxylic acids is 2. The molecule has 0 radical (unpaired) electrons. The fraction of sp³-hybridized carbons (Fsp3) is 0.360. The largest absolute Gasteiger partial charge is 0.476 e. The number of esters is 2. The van der Waals surface area contributed by atoms with Gasteiger partial charge in [0.25, 0.3) is 0 Å². The Balaban J connectivity index is 1.53. The summed E-state index contributed by atoms with van der Waals surface area (Å²) in [5.41, 5.74) is 0.217. The predicted molar refractivity (Wildman–Crippen MR) is 122 cm³/mol. The first-order chi connectivity index (χ1) is 15.5. The number of carbonyl (C=O) groups is 2. The number of hydrogen-bond acceptors (Lipinski definition) is 7. The van der Waals surface area contributed by atoms with E-state index in [9.17, 15) is 9.59 Å². The van der Waals surface area contributed by atoms with E-state index in [2.05, 4.69) is 10.3 Å². The van der Waals surface area contributed by atoms with Gasteiger partial charge in [0.15, 0.2) is 5.60 Å². The average Bonchev–Trinajstić information content (AvgIpc) is 3.19. The molecule has 0 amide bonds. The third-order valence-corrected chi connectivity index (χ3v) is 4.48. The minimum atomic E-state index is -1.18. The molecule has 0 fully saturated rings. The van der Waals surface area contributed by atoms with E-state index < -0.39 is 23.1 Å². The van der Waals surface area contributed by atoms with Gasteiger partial charge in [-0.2, -0.15) is 0 Å². The second kappa shape index (κ2) is 9.85. The van der Waals surface area contributed by atoms with Gasteiger partial charge in [0.2, 0.25) is 0 Å². The molecule has 3 rings (SSSR count). The number of aromatic nitrogens is 3. The lowest BCUT2D eigenvalue weighted by molar-refractivity contribution is -0.170. The molecule has 8 heteroatoms. The van der Waals surface area contributed by atoms with Crippen molar-refractivity contribution in [3.8, 4) is 5.75 Å². The van der Waals surface area contributed by atoms with E-state index in [4.69, 9.17) is 14.2 Å². The highest BCUT2D eigenvalue weighted by atomic mass is 16.6. The van der Waals surface area contributed by atoms with Crippen LogP contribution in [0.1, 0.15) is 56.2 Å². The van der Waals surface area contributed by atoms with Crippen LogP contribution in [0, 0.1) is 0 Å². The molecule has 0 bridgehead atoms. The third-order valence-electron chi connectivity index (χ3n) is 4.48.